The smallest absolute Gasteiger partial charge is 0.337 e. The number of carbonyl (C=O) groups excluding carboxylic acids is 1. The number of benzene rings is 2. The van der Waals surface area contributed by atoms with Crippen molar-refractivity contribution in [2.45, 2.75) is 12.2 Å². The zero-order valence-electron chi connectivity index (χ0n) is 10.2. The third kappa shape index (κ3) is 2.56. The van der Waals surface area contributed by atoms with E-state index in [-0.39, 0.29) is 0 Å². The van der Waals surface area contributed by atoms with Gasteiger partial charge in [-0.25, -0.2) is 4.79 Å². The van der Waals surface area contributed by atoms with Crippen LogP contribution in [-0.4, -0.2) is 29.4 Å². The molecule has 2 unspecified atom stereocenters. The fourth-order valence-corrected chi connectivity index (χ4v) is 2.28. The van der Waals surface area contributed by atoms with Crippen LogP contribution in [0.15, 0.2) is 36.4 Å². The van der Waals surface area contributed by atoms with Gasteiger partial charge in [0.15, 0.2) is 6.10 Å². The van der Waals surface area contributed by atoms with Gasteiger partial charge in [-0.05, 0) is 17.0 Å². The average Bonchev–Trinajstić information content (AvgIpc) is 2.44. The summed E-state index contributed by atoms with van der Waals surface area (Å²) in [5.74, 6) is -0.892. The lowest BCUT2D eigenvalue weighted by molar-refractivity contribution is -0.156. The molecule has 0 saturated heterocycles. The van der Waals surface area contributed by atoms with E-state index in [9.17, 15) is 15.0 Å². The highest BCUT2D eigenvalue weighted by atomic mass is 35.5. The van der Waals surface area contributed by atoms with E-state index in [1.807, 2.05) is 12.1 Å². The van der Waals surface area contributed by atoms with Crippen LogP contribution >= 0.6 is 11.6 Å². The fourth-order valence-electron chi connectivity index (χ4n) is 1.99. The summed E-state index contributed by atoms with van der Waals surface area (Å²) in [5, 5.41) is 21.7. The Morgan fingerprint density at radius 3 is 2.47 bits per heavy atom. The van der Waals surface area contributed by atoms with Crippen LogP contribution < -0.4 is 0 Å². The molecule has 2 aromatic rings. The van der Waals surface area contributed by atoms with Gasteiger partial charge < -0.3 is 14.9 Å². The number of rotatable bonds is 3. The maximum atomic E-state index is 11.3. The number of fused-ring (bicyclic) bond motifs is 1. The van der Waals surface area contributed by atoms with Crippen LogP contribution in [0.4, 0.5) is 0 Å². The fraction of sp³-hybridized carbons (Fsp3) is 0.214. The standard InChI is InChI=1S/C14H13ClO4/c1-19-14(18)13(17)12(16)9-6-2-4-8-5-3-7-10(15)11(8)9/h2-7,12-13,16-17H,1H3. The molecule has 0 bridgehead atoms. The molecule has 4 nitrogen and oxygen atoms in total. The first kappa shape index (κ1) is 13.8. The molecule has 100 valence electrons. The number of halogens is 1. The van der Waals surface area contributed by atoms with E-state index in [1.165, 1.54) is 0 Å². The molecule has 0 fully saturated rings. The first-order chi connectivity index (χ1) is 9.06. The molecule has 2 N–H and O–H groups in total. The molecule has 0 aromatic heterocycles. The van der Waals surface area contributed by atoms with Crippen LogP contribution in [0.25, 0.3) is 10.8 Å². The first-order valence-electron chi connectivity index (χ1n) is 5.67. The van der Waals surface area contributed by atoms with Gasteiger partial charge >= 0.3 is 5.97 Å². The number of methoxy groups -OCH3 is 1. The molecular formula is C14H13ClO4. The van der Waals surface area contributed by atoms with Crippen LogP contribution in [0.2, 0.25) is 5.02 Å². The summed E-state index contributed by atoms with van der Waals surface area (Å²) in [7, 11) is 1.15. The van der Waals surface area contributed by atoms with Gasteiger partial charge in [-0.15, -0.1) is 0 Å². The summed E-state index contributed by atoms with van der Waals surface area (Å²) in [6.45, 7) is 0. The van der Waals surface area contributed by atoms with Crippen LogP contribution in [0.5, 0.6) is 0 Å². The monoisotopic (exact) mass is 280 g/mol. The summed E-state index contributed by atoms with van der Waals surface area (Å²) >= 11 is 6.12. The van der Waals surface area contributed by atoms with Gasteiger partial charge in [0.1, 0.15) is 6.10 Å². The highest BCUT2D eigenvalue weighted by molar-refractivity contribution is 6.35. The quantitative estimate of drug-likeness (QED) is 0.845. The second-order valence-corrected chi connectivity index (χ2v) is 4.51. The Hall–Kier alpha value is -1.62. The SMILES string of the molecule is COC(=O)C(O)C(O)c1cccc2cccc(Cl)c12. The van der Waals surface area contributed by atoms with E-state index in [0.29, 0.717) is 16.0 Å². The van der Waals surface area contributed by atoms with Crippen molar-refractivity contribution in [3.8, 4) is 0 Å². The number of aliphatic hydroxyl groups excluding tert-OH is 2. The molecular weight excluding hydrogens is 268 g/mol. The summed E-state index contributed by atoms with van der Waals surface area (Å²) in [5.41, 5.74) is 0.390. The summed E-state index contributed by atoms with van der Waals surface area (Å²) in [4.78, 5) is 11.3. The molecule has 2 aromatic carbocycles. The second kappa shape index (κ2) is 5.57. The largest absolute Gasteiger partial charge is 0.467 e. The van der Waals surface area contributed by atoms with Gasteiger partial charge in [0.05, 0.1) is 7.11 Å². The van der Waals surface area contributed by atoms with E-state index in [4.69, 9.17) is 11.6 Å². The number of carbonyl (C=O) groups is 1. The van der Waals surface area contributed by atoms with Gasteiger partial charge in [-0.2, -0.15) is 0 Å². The lowest BCUT2D eigenvalue weighted by atomic mass is 9.97. The van der Waals surface area contributed by atoms with Crippen LogP contribution in [0, 0.1) is 0 Å². The van der Waals surface area contributed by atoms with Crippen molar-refractivity contribution >= 4 is 28.3 Å². The maximum absolute atomic E-state index is 11.3. The molecule has 19 heavy (non-hydrogen) atoms. The molecule has 0 aliphatic rings. The van der Waals surface area contributed by atoms with Gasteiger partial charge in [0.2, 0.25) is 0 Å². The minimum atomic E-state index is -1.65. The number of aliphatic hydroxyl groups is 2. The van der Waals surface area contributed by atoms with Crippen LogP contribution in [0.1, 0.15) is 11.7 Å². The third-order valence-corrected chi connectivity index (χ3v) is 3.26. The van der Waals surface area contributed by atoms with Gasteiger partial charge in [0.25, 0.3) is 0 Å². The summed E-state index contributed by atoms with van der Waals surface area (Å²) in [6.07, 6.45) is -3.04. The Morgan fingerprint density at radius 1 is 1.21 bits per heavy atom. The van der Waals surface area contributed by atoms with E-state index in [0.717, 1.165) is 12.5 Å². The van der Waals surface area contributed by atoms with E-state index >= 15 is 0 Å². The Kier molecular flexibility index (Phi) is 4.04. The van der Waals surface area contributed by atoms with Crippen molar-refractivity contribution in [3.05, 3.63) is 47.0 Å². The molecule has 0 radical (unpaired) electrons. The molecule has 0 spiro atoms. The number of ether oxygens (including phenoxy) is 1. The normalized spacial score (nSPS) is 14.1. The lowest BCUT2D eigenvalue weighted by Gasteiger charge is -2.18. The van der Waals surface area contributed by atoms with Crippen molar-refractivity contribution in [1.82, 2.24) is 0 Å². The predicted molar refractivity (Wildman–Crippen MR) is 71.9 cm³/mol. The molecule has 0 heterocycles. The Morgan fingerprint density at radius 2 is 1.84 bits per heavy atom. The number of hydrogen-bond acceptors (Lipinski definition) is 4. The van der Waals surface area contributed by atoms with E-state index < -0.39 is 18.2 Å². The highest BCUT2D eigenvalue weighted by Crippen LogP contribution is 2.32. The van der Waals surface area contributed by atoms with Crippen LogP contribution in [-0.2, 0) is 9.53 Å². The highest BCUT2D eigenvalue weighted by Gasteiger charge is 2.28. The average molecular weight is 281 g/mol. The van der Waals surface area contributed by atoms with Gasteiger partial charge in [-0.3, -0.25) is 0 Å². The predicted octanol–water partition coefficient (Wildman–Crippen LogP) is 2.06. The van der Waals surface area contributed by atoms with Crippen molar-refractivity contribution < 1.29 is 19.7 Å². The number of esters is 1. The zero-order valence-corrected chi connectivity index (χ0v) is 11.0. The molecule has 0 aliphatic carbocycles. The van der Waals surface area contributed by atoms with Gasteiger partial charge in [0, 0.05) is 10.4 Å². The minimum Gasteiger partial charge on any atom is -0.467 e. The van der Waals surface area contributed by atoms with Crippen molar-refractivity contribution in [3.63, 3.8) is 0 Å². The second-order valence-electron chi connectivity index (χ2n) is 4.10. The van der Waals surface area contributed by atoms with Crippen LogP contribution in [0.3, 0.4) is 0 Å². The molecule has 5 heteroatoms. The maximum Gasteiger partial charge on any atom is 0.337 e. The first-order valence-corrected chi connectivity index (χ1v) is 6.05. The van der Waals surface area contributed by atoms with Crippen molar-refractivity contribution in [1.29, 1.82) is 0 Å². The lowest BCUT2D eigenvalue weighted by Crippen LogP contribution is -2.29. The molecule has 0 amide bonds. The molecule has 2 atom stereocenters. The van der Waals surface area contributed by atoms with Crippen molar-refractivity contribution in [2.75, 3.05) is 7.11 Å². The summed E-state index contributed by atoms with van der Waals surface area (Å²) in [6, 6.07) is 10.5. The molecule has 2 rings (SSSR count). The van der Waals surface area contributed by atoms with E-state index in [2.05, 4.69) is 4.74 Å². The molecule has 0 aliphatic heterocycles. The Balaban J connectivity index is 2.53. The van der Waals surface area contributed by atoms with Crippen molar-refractivity contribution in [2.24, 2.45) is 0 Å². The Bertz CT molecular complexity index is 606. The van der Waals surface area contributed by atoms with Gasteiger partial charge in [-0.1, -0.05) is 41.9 Å². The van der Waals surface area contributed by atoms with E-state index in [1.54, 1.807) is 24.3 Å². The topological polar surface area (TPSA) is 66.8 Å². The third-order valence-electron chi connectivity index (χ3n) is 2.95. The zero-order chi connectivity index (χ0) is 14.0. The molecule has 0 saturated carbocycles. The minimum absolute atomic E-state index is 0.390. The Labute approximate surface area is 115 Å². The summed E-state index contributed by atoms with van der Waals surface area (Å²) < 4.78 is 4.42. The number of hydrogen-bond donors (Lipinski definition) is 2.